The number of piperidine rings is 1. The Morgan fingerprint density at radius 3 is 2.72 bits per heavy atom. The van der Waals surface area contributed by atoms with Crippen LogP contribution in [0.25, 0.3) is 5.69 Å². The van der Waals surface area contributed by atoms with Gasteiger partial charge in [0.1, 0.15) is 0 Å². The van der Waals surface area contributed by atoms with E-state index in [1.165, 1.54) is 12.8 Å². The summed E-state index contributed by atoms with van der Waals surface area (Å²) in [6.45, 7) is 2.84. The van der Waals surface area contributed by atoms with Crippen molar-refractivity contribution in [2.24, 2.45) is 5.92 Å². The van der Waals surface area contributed by atoms with Crippen LogP contribution in [0.15, 0.2) is 36.5 Å². The van der Waals surface area contributed by atoms with Gasteiger partial charge < -0.3 is 10.6 Å². The number of para-hydroxylation sites is 1. The zero-order valence-electron chi connectivity index (χ0n) is 14.3. The van der Waals surface area contributed by atoms with Crippen molar-refractivity contribution >= 4 is 18.3 Å². The molecule has 25 heavy (non-hydrogen) atoms. The molecule has 0 spiro atoms. The van der Waals surface area contributed by atoms with Crippen molar-refractivity contribution in [1.29, 1.82) is 0 Å². The van der Waals surface area contributed by atoms with Crippen molar-refractivity contribution in [3.63, 3.8) is 0 Å². The number of carbonyl (C=O) groups excluding carboxylic acids is 1. The highest BCUT2D eigenvalue weighted by molar-refractivity contribution is 5.95. The van der Waals surface area contributed by atoms with Gasteiger partial charge in [-0.2, -0.15) is 5.10 Å². The fourth-order valence-electron chi connectivity index (χ4n) is 3.49. The normalized spacial score (nSPS) is 19.9. The van der Waals surface area contributed by atoms with Crippen LogP contribution < -0.4 is 10.6 Å². The van der Waals surface area contributed by atoms with Crippen molar-refractivity contribution in [1.82, 2.24) is 20.4 Å². The Morgan fingerprint density at radius 1 is 1.24 bits per heavy atom. The SMILES string of the molecule is Cl.O=C(NCC1CCCNC1)c1cnn(-c2ccccc2)c1C1CC1. The molecule has 0 radical (unpaired) electrons. The molecule has 1 atom stereocenters. The summed E-state index contributed by atoms with van der Waals surface area (Å²) in [4.78, 5) is 12.7. The van der Waals surface area contributed by atoms with Crippen LogP contribution in [-0.4, -0.2) is 35.3 Å². The standard InChI is InChI=1S/C19H24N4O.ClH/c24-19(21-12-14-5-4-10-20-11-14)17-13-22-23(18(17)15-8-9-15)16-6-2-1-3-7-16;/h1-3,6-7,13-15,20H,4-5,8-12H2,(H,21,24);1H. The number of benzene rings is 1. The second-order valence-corrected chi connectivity index (χ2v) is 6.89. The molecule has 1 aromatic heterocycles. The van der Waals surface area contributed by atoms with Gasteiger partial charge in [-0.25, -0.2) is 4.68 Å². The van der Waals surface area contributed by atoms with Gasteiger partial charge >= 0.3 is 0 Å². The average Bonchev–Trinajstić information content (AvgIpc) is 3.39. The Hall–Kier alpha value is -1.85. The third kappa shape index (κ3) is 4.05. The van der Waals surface area contributed by atoms with Gasteiger partial charge in [0, 0.05) is 12.5 Å². The fourth-order valence-corrected chi connectivity index (χ4v) is 3.49. The third-order valence-corrected chi connectivity index (χ3v) is 4.97. The molecule has 1 amide bonds. The molecule has 5 nitrogen and oxygen atoms in total. The molecule has 2 aromatic rings. The molecule has 0 bridgehead atoms. The first-order chi connectivity index (χ1) is 11.8. The van der Waals surface area contributed by atoms with Crippen LogP contribution >= 0.6 is 12.4 Å². The molecule has 2 N–H and O–H groups in total. The predicted octanol–water partition coefficient (Wildman–Crippen LogP) is 2.90. The highest BCUT2D eigenvalue weighted by atomic mass is 35.5. The molecule has 2 aliphatic rings. The maximum Gasteiger partial charge on any atom is 0.254 e. The highest BCUT2D eigenvalue weighted by Gasteiger charge is 2.33. The lowest BCUT2D eigenvalue weighted by Gasteiger charge is -2.22. The summed E-state index contributed by atoms with van der Waals surface area (Å²) in [6, 6.07) is 10.1. The van der Waals surface area contributed by atoms with Crippen LogP contribution in [0, 0.1) is 5.92 Å². The fraction of sp³-hybridized carbons (Fsp3) is 0.474. The van der Waals surface area contributed by atoms with Gasteiger partial charge in [-0.05, 0) is 56.8 Å². The zero-order valence-corrected chi connectivity index (χ0v) is 15.1. The van der Waals surface area contributed by atoms with Crippen molar-refractivity contribution in [3.05, 3.63) is 47.8 Å². The Kier molecular flexibility index (Phi) is 5.76. The van der Waals surface area contributed by atoms with E-state index >= 15 is 0 Å². The number of aromatic nitrogens is 2. The minimum atomic E-state index is 0. The Bertz CT molecular complexity index is 705. The minimum absolute atomic E-state index is 0. The van der Waals surface area contributed by atoms with E-state index in [2.05, 4.69) is 15.7 Å². The van der Waals surface area contributed by atoms with Gasteiger partial charge in [0.2, 0.25) is 0 Å². The zero-order chi connectivity index (χ0) is 16.4. The summed E-state index contributed by atoms with van der Waals surface area (Å²) in [5.74, 6) is 1.02. The van der Waals surface area contributed by atoms with Crippen molar-refractivity contribution < 1.29 is 4.79 Å². The first-order valence-electron chi connectivity index (χ1n) is 8.95. The summed E-state index contributed by atoms with van der Waals surface area (Å²) < 4.78 is 1.94. The van der Waals surface area contributed by atoms with Gasteiger partial charge in [-0.1, -0.05) is 18.2 Å². The van der Waals surface area contributed by atoms with Crippen LogP contribution in [0.3, 0.4) is 0 Å². The average molecular weight is 361 g/mol. The van der Waals surface area contributed by atoms with Crippen LogP contribution in [0.5, 0.6) is 0 Å². The molecule has 6 heteroatoms. The van der Waals surface area contributed by atoms with Gasteiger partial charge in [0.05, 0.1) is 23.1 Å². The van der Waals surface area contributed by atoms with E-state index in [9.17, 15) is 4.79 Å². The summed E-state index contributed by atoms with van der Waals surface area (Å²) >= 11 is 0. The predicted molar refractivity (Wildman–Crippen MR) is 101 cm³/mol. The molecule has 1 aromatic carbocycles. The third-order valence-electron chi connectivity index (χ3n) is 4.97. The lowest BCUT2D eigenvalue weighted by atomic mass is 9.99. The second kappa shape index (κ2) is 8.02. The molecular formula is C19H25ClN4O. The van der Waals surface area contributed by atoms with Gasteiger partial charge in [0.25, 0.3) is 5.91 Å². The van der Waals surface area contributed by atoms with Gasteiger partial charge in [0.15, 0.2) is 0 Å². The lowest BCUT2D eigenvalue weighted by molar-refractivity contribution is 0.0944. The number of rotatable bonds is 5. The molecule has 4 rings (SSSR count). The number of nitrogens with one attached hydrogen (secondary N) is 2. The minimum Gasteiger partial charge on any atom is -0.352 e. The van der Waals surface area contributed by atoms with Crippen molar-refractivity contribution in [2.45, 2.75) is 31.6 Å². The molecule has 1 aliphatic heterocycles. The van der Waals surface area contributed by atoms with E-state index in [1.807, 2.05) is 35.0 Å². The molecule has 1 unspecified atom stereocenters. The molecule has 1 saturated heterocycles. The largest absolute Gasteiger partial charge is 0.352 e. The van der Waals surface area contributed by atoms with E-state index in [1.54, 1.807) is 6.20 Å². The van der Waals surface area contributed by atoms with E-state index < -0.39 is 0 Å². The number of amides is 1. The maximum atomic E-state index is 12.7. The number of nitrogens with zero attached hydrogens (tertiary/aromatic N) is 2. The first-order valence-corrected chi connectivity index (χ1v) is 8.95. The molecule has 1 saturated carbocycles. The Balaban J connectivity index is 0.00000182. The number of halogens is 1. The smallest absolute Gasteiger partial charge is 0.254 e. The number of carbonyl (C=O) groups is 1. The summed E-state index contributed by atoms with van der Waals surface area (Å²) in [5.41, 5.74) is 2.83. The topological polar surface area (TPSA) is 59.0 Å². The van der Waals surface area contributed by atoms with E-state index in [0.717, 1.165) is 49.4 Å². The van der Waals surface area contributed by atoms with Gasteiger partial charge in [-0.15, -0.1) is 12.4 Å². The van der Waals surface area contributed by atoms with Crippen molar-refractivity contribution in [2.75, 3.05) is 19.6 Å². The van der Waals surface area contributed by atoms with E-state index in [4.69, 9.17) is 0 Å². The van der Waals surface area contributed by atoms with E-state index in [0.29, 0.717) is 11.8 Å². The second-order valence-electron chi connectivity index (χ2n) is 6.89. The summed E-state index contributed by atoms with van der Waals surface area (Å²) in [7, 11) is 0. The van der Waals surface area contributed by atoms with Crippen LogP contribution in [0.1, 0.15) is 47.7 Å². The monoisotopic (exact) mass is 360 g/mol. The Labute approximate surface area is 154 Å². The quantitative estimate of drug-likeness (QED) is 0.862. The number of hydrogen-bond donors (Lipinski definition) is 2. The summed E-state index contributed by atoms with van der Waals surface area (Å²) in [5, 5.41) is 11.0. The molecule has 1 aliphatic carbocycles. The molecule has 134 valence electrons. The molecular weight excluding hydrogens is 336 g/mol. The van der Waals surface area contributed by atoms with E-state index in [-0.39, 0.29) is 18.3 Å². The van der Waals surface area contributed by atoms with Crippen LogP contribution in [0.2, 0.25) is 0 Å². The number of hydrogen-bond acceptors (Lipinski definition) is 3. The molecule has 2 heterocycles. The lowest BCUT2D eigenvalue weighted by Crippen LogP contribution is -2.38. The van der Waals surface area contributed by atoms with Crippen molar-refractivity contribution in [3.8, 4) is 5.69 Å². The first kappa shape index (κ1) is 18.0. The molecule has 2 fully saturated rings. The van der Waals surface area contributed by atoms with Crippen LogP contribution in [0.4, 0.5) is 0 Å². The highest BCUT2D eigenvalue weighted by Crippen LogP contribution is 2.42. The Morgan fingerprint density at radius 2 is 2.04 bits per heavy atom. The van der Waals surface area contributed by atoms with Crippen LogP contribution in [-0.2, 0) is 0 Å². The summed E-state index contributed by atoms with van der Waals surface area (Å²) in [6.07, 6.45) is 6.40. The maximum absolute atomic E-state index is 12.7. The van der Waals surface area contributed by atoms with Gasteiger partial charge in [-0.3, -0.25) is 4.79 Å².